The molecule has 0 aliphatic rings. The van der Waals surface area contributed by atoms with Crippen molar-refractivity contribution in [3.05, 3.63) is 17.5 Å². The summed E-state index contributed by atoms with van der Waals surface area (Å²) in [6, 6.07) is 5.16. The normalized spacial score (nSPS) is 13.5. The van der Waals surface area contributed by atoms with Gasteiger partial charge in [-0.15, -0.1) is 11.3 Å². The second-order valence-corrected chi connectivity index (χ2v) is 5.95. The lowest BCUT2D eigenvalue weighted by Crippen LogP contribution is -2.11. The third kappa shape index (κ3) is 2.54. The van der Waals surface area contributed by atoms with Crippen LogP contribution in [0.5, 0.6) is 0 Å². The Hall–Kier alpha value is -0.860. The first-order valence-corrected chi connectivity index (χ1v) is 6.25. The molecule has 1 aromatic heterocycles. The SMILES string of the molecule is CC(C#N)CS(=O)(=O)c1cccs1. The summed E-state index contributed by atoms with van der Waals surface area (Å²) in [6.45, 7) is 1.60. The average Bonchev–Trinajstić information content (AvgIpc) is 2.55. The molecule has 0 saturated carbocycles. The number of nitriles is 1. The van der Waals surface area contributed by atoms with E-state index >= 15 is 0 Å². The van der Waals surface area contributed by atoms with Gasteiger partial charge in [-0.1, -0.05) is 6.07 Å². The van der Waals surface area contributed by atoms with Gasteiger partial charge in [0.1, 0.15) is 4.21 Å². The fourth-order valence-electron chi connectivity index (χ4n) is 0.889. The molecule has 70 valence electrons. The molecule has 1 rings (SSSR count). The molecule has 0 spiro atoms. The van der Waals surface area contributed by atoms with Gasteiger partial charge >= 0.3 is 0 Å². The van der Waals surface area contributed by atoms with Crippen LogP contribution >= 0.6 is 11.3 Å². The minimum absolute atomic E-state index is 0.0932. The lowest BCUT2D eigenvalue weighted by molar-refractivity contribution is 0.591. The zero-order chi connectivity index (χ0) is 9.90. The second kappa shape index (κ2) is 3.90. The monoisotopic (exact) mass is 215 g/mol. The predicted octanol–water partition coefficient (Wildman–Crippen LogP) is 1.68. The summed E-state index contributed by atoms with van der Waals surface area (Å²) >= 11 is 1.18. The lowest BCUT2D eigenvalue weighted by Gasteiger charge is -2.01. The van der Waals surface area contributed by atoms with Crippen LogP contribution in [-0.4, -0.2) is 14.2 Å². The van der Waals surface area contributed by atoms with Crippen LogP contribution in [0, 0.1) is 17.2 Å². The van der Waals surface area contributed by atoms with Gasteiger partial charge in [-0.2, -0.15) is 5.26 Å². The van der Waals surface area contributed by atoms with Gasteiger partial charge in [0, 0.05) is 0 Å². The summed E-state index contributed by atoms with van der Waals surface area (Å²) in [5.41, 5.74) is 0. The van der Waals surface area contributed by atoms with Crippen LogP contribution in [0.25, 0.3) is 0 Å². The molecule has 0 radical (unpaired) electrons. The topological polar surface area (TPSA) is 57.9 Å². The van der Waals surface area contributed by atoms with Crippen molar-refractivity contribution in [1.82, 2.24) is 0 Å². The van der Waals surface area contributed by atoms with Crippen LogP contribution in [0.15, 0.2) is 21.7 Å². The second-order valence-electron chi connectivity index (χ2n) is 2.74. The maximum atomic E-state index is 11.5. The van der Waals surface area contributed by atoms with Crippen molar-refractivity contribution in [1.29, 1.82) is 5.26 Å². The largest absolute Gasteiger partial charge is 0.223 e. The van der Waals surface area contributed by atoms with E-state index in [2.05, 4.69) is 0 Å². The van der Waals surface area contributed by atoms with Crippen molar-refractivity contribution in [2.45, 2.75) is 11.1 Å². The summed E-state index contributed by atoms with van der Waals surface area (Å²) < 4.78 is 23.4. The maximum absolute atomic E-state index is 11.5. The molecule has 0 aromatic carbocycles. The molecule has 3 nitrogen and oxygen atoms in total. The Kier molecular flexibility index (Phi) is 3.07. The molecule has 0 aliphatic heterocycles. The van der Waals surface area contributed by atoms with E-state index in [4.69, 9.17) is 5.26 Å². The highest BCUT2D eigenvalue weighted by Gasteiger charge is 2.18. The van der Waals surface area contributed by atoms with Crippen molar-refractivity contribution in [2.75, 3.05) is 5.75 Å². The highest BCUT2D eigenvalue weighted by Crippen LogP contribution is 2.19. The molecule has 0 amide bonds. The Balaban J connectivity index is 2.87. The molecule has 0 N–H and O–H groups in total. The smallest absolute Gasteiger partial charge is 0.189 e. The molecule has 5 heteroatoms. The van der Waals surface area contributed by atoms with Crippen LogP contribution in [-0.2, 0) is 9.84 Å². The molecule has 13 heavy (non-hydrogen) atoms. The fourth-order valence-corrected chi connectivity index (χ4v) is 3.48. The summed E-state index contributed by atoms with van der Waals surface area (Å²) in [5.74, 6) is -0.545. The first kappa shape index (κ1) is 10.2. The zero-order valence-corrected chi connectivity index (χ0v) is 8.73. The van der Waals surface area contributed by atoms with Gasteiger partial charge in [-0.25, -0.2) is 8.42 Å². The van der Waals surface area contributed by atoms with Gasteiger partial charge in [-0.3, -0.25) is 0 Å². The van der Waals surface area contributed by atoms with E-state index in [1.54, 1.807) is 24.4 Å². The van der Waals surface area contributed by atoms with Gasteiger partial charge < -0.3 is 0 Å². The van der Waals surface area contributed by atoms with E-state index in [9.17, 15) is 8.42 Å². The van der Waals surface area contributed by atoms with E-state index in [1.807, 2.05) is 6.07 Å². The highest BCUT2D eigenvalue weighted by molar-refractivity contribution is 7.93. The van der Waals surface area contributed by atoms with Gasteiger partial charge in [0.15, 0.2) is 9.84 Å². The molecule has 1 atom stereocenters. The van der Waals surface area contributed by atoms with E-state index in [0.29, 0.717) is 4.21 Å². The summed E-state index contributed by atoms with van der Waals surface area (Å²) in [5, 5.41) is 10.2. The lowest BCUT2D eigenvalue weighted by atomic mass is 10.3. The average molecular weight is 215 g/mol. The van der Waals surface area contributed by atoms with E-state index in [0.717, 1.165) is 0 Å². The van der Waals surface area contributed by atoms with Crippen LogP contribution in [0.1, 0.15) is 6.92 Å². The first-order valence-electron chi connectivity index (χ1n) is 3.72. The molecular formula is C8H9NO2S2. The summed E-state index contributed by atoms with van der Waals surface area (Å²) in [7, 11) is -3.23. The van der Waals surface area contributed by atoms with Crippen molar-refractivity contribution in [3.63, 3.8) is 0 Å². The highest BCUT2D eigenvalue weighted by atomic mass is 32.2. The van der Waals surface area contributed by atoms with E-state index in [1.165, 1.54) is 11.3 Å². The Morgan fingerprint density at radius 1 is 1.69 bits per heavy atom. The Labute approximate surface area is 81.5 Å². The zero-order valence-electron chi connectivity index (χ0n) is 7.10. The third-order valence-electron chi connectivity index (χ3n) is 1.49. The van der Waals surface area contributed by atoms with E-state index < -0.39 is 15.8 Å². The summed E-state index contributed by atoms with van der Waals surface area (Å²) in [4.78, 5) is 0. The Bertz CT molecular complexity index is 400. The molecule has 1 unspecified atom stereocenters. The van der Waals surface area contributed by atoms with Crippen LogP contribution in [0.2, 0.25) is 0 Å². The molecule has 0 fully saturated rings. The molecule has 0 aliphatic carbocycles. The van der Waals surface area contributed by atoms with Crippen molar-refractivity contribution < 1.29 is 8.42 Å². The van der Waals surface area contributed by atoms with Crippen molar-refractivity contribution >= 4 is 21.2 Å². The minimum Gasteiger partial charge on any atom is -0.223 e. The van der Waals surface area contributed by atoms with Gasteiger partial charge in [0.25, 0.3) is 0 Å². The molecule has 0 saturated heterocycles. The molecular weight excluding hydrogens is 206 g/mol. The molecule has 0 bridgehead atoms. The number of nitrogens with zero attached hydrogens (tertiary/aromatic N) is 1. The van der Waals surface area contributed by atoms with Gasteiger partial charge in [0.2, 0.25) is 0 Å². The van der Waals surface area contributed by atoms with Crippen LogP contribution in [0.4, 0.5) is 0 Å². The molecule has 1 aromatic rings. The predicted molar refractivity (Wildman–Crippen MR) is 51.1 cm³/mol. The Morgan fingerprint density at radius 2 is 2.38 bits per heavy atom. The van der Waals surface area contributed by atoms with Gasteiger partial charge in [0.05, 0.1) is 17.7 Å². The number of hydrogen-bond donors (Lipinski definition) is 0. The van der Waals surface area contributed by atoms with Crippen molar-refractivity contribution in [3.8, 4) is 6.07 Å². The quantitative estimate of drug-likeness (QED) is 0.770. The number of rotatable bonds is 3. The Morgan fingerprint density at radius 3 is 2.85 bits per heavy atom. The standard InChI is InChI=1S/C8H9NO2S2/c1-7(5-9)6-13(10,11)8-3-2-4-12-8/h2-4,7H,6H2,1H3. The number of thiophene rings is 1. The van der Waals surface area contributed by atoms with E-state index in [-0.39, 0.29) is 5.75 Å². The third-order valence-corrected chi connectivity index (χ3v) is 4.89. The van der Waals surface area contributed by atoms with Crippen LogP contribution in [0.3, 0.4) is 0 Å². The number of hydrogen-bond acceptors (Lipinski definition) is 4. The summed E-state index contributed by atoms with van der Waals surface area (Å²) in [6.07, 6.45) is 0. The van der Waals surface area contributed by atoms with Crippen LogP contribution < -0.4 is 0 Å². The minimum atomic E-state index is -3.23. The molecule has 1 heterocycles. The van der Waals surface area contributed by atoms with Crippen molar-refractivity contribution in [2.24, 2.45) is 5.92 Å². The number of sulfone groups is 1. The maximum Gasteiger partial charge on any atom is 0.189 e. The van der Waals surface area contributed by atoms with Gasteiger partial charge in [-0.05, 0) is 18.4 Å². The first-order chi connectivity index (χ1) is 6.06. The fraction of sp³-hybridized carbons (Fsp3) is 0.375.